The molecule has 0 saturated carbocycles. The van der Waals surface area contributed by atoms with Crippen molar-refractivity contribution in [3.8, 4) is 0 Å². The second kappa shape index (κ2) is 5.50. The van der Waals surface area contributed by atoms with E-state index in [-0.39, 0.29) is 11.3 Å². The maximum absolute atomic E-state index is 11.0. The summed E-state index contributed by atoms with van der Waals surface area (Å²) in [6.07, 6.45) is 0. The minimum Gasteiger partial charge on any atom is -0.478 e. The van der Waals surface area contributed by atoms with Gasteiger partial charge in [-0.05, 0) is 46.3 Å². The summed E-state index contributed by atoms with van der Waals surface area (Å²) >= 11 is 9.30. The van der Waals surface area contributed by atoms with E-state index >= 15 is 0 Å². The number of hydrogen-bond acceptors (Lipinski definition) is 3. The fourth-order valence-corrected chi connectivity index (χ4v) is 2.12. The highest BCUT2D eigenvalue weighted by Crippen LogP contribution is 2.32. The normalized spacial score (nSPS) is 10.2. The van der Waals surface area contributed by atoms with E-state index in [0.717, 1.165) is 4.47 Å². The van der Waals surface area contributed by atoms with Crippen molar-refractivity contribution in [1.82, 2.24) is 0 Å². The molecule has 0 atom stereocenters. The summed E-state index contributed by atoms with van der Waals surface area (Å²) in [4.78, 5) is 11.0. The molecule has 2 rings (SSSR count). The summed E-state index contributed by atoms with van der Waals surface area (Å²) in [6.45, 7) is 0. The van der Waals surface area contributed by atoms with Crippen molar-refractivity contribution in [2.75, 3.05) is 11.1 Å². The quantitative estimate of drug-likeness (QED) is 0.734. The van der Waals surface area contributed by atoms with Gasteiger partial charge in [-0.1, -0.05) is 17.7 Å². The van der Waals surface area contributed by atoms with E-state index < -0.39 is 5.97 Å². The van der Waals surface area contributed by atoms with Gasteiger partial charge in [0, 0.05) is 9.50 Å². The molecule has 0 heterocycles. The SMILES string of the molecule is Nc1c(Nc2cc(Cl)ccc2Br)cccc1C(=O)O. The number of rotatable bonds is 3. The van der Waals surface area contributed by atoms with Crippen LogP contribution in [0.5, 0.6) is 0 Å². The van der Waals surface area contributed by atoms with Crippen molar-refractivity contribution in [2.24, 2.45) is 0 Å². The third-order valence-corrected chi connectivity index (χ3v) is 3.46. The van der Waals surface area contributed by atoms with E-state index in [1.165, 1.54) is 6.07 Å². The maximum Gasteiger partial charge on any atom is 0.337 e. The third-order valence-electron chi connectivity index (χ3n) is 2.53. The molecule has 4 N–H and O–H groups in total. The number of nitrogens with one attached hydrogen (secondary N) is 1. The summed E-state index contributed by atoms with van der Waals surface area (Å²) < 4.78 is 0.803. The first-order valence-electron chi connectivity index (χ1n) is 5.33. The van der Waals surface area contributed by atoms with Crippen LogP contribution in [0.3, 0.4) is 0 Å². The van der Waals surface area contributed by atoms with Crippen molar-refractivity contribution < 1.29 is 9.90 Å². The van der Waals surface area contributed by atoms with Gasteiger partial charge in [0.15, 0.2) is 0 Å². The zero-order chi connectivity index (χ0) is 14.0. The number of anilines is 3. The topological polar surface area (TPSA) is 75.3 Å². The first-order chi connectivity index (χ1) is 8.99. The van der Waals surface area contributed by atoms with Gasteiger partial charge in [-0.25, -0.2) is 4.79 Å². The van der Waals surface area contributed by atoms with Crippen LogP contribution in [-0.4, -0.2) is 11.1 Å². The molecule has 0 aromatic heterocycles. The van der Waals surface area contributed by atoms with Gasteiger partial charge in [-0.2, -0.15) is 0 Å². The van der Waals surface area contributed by atoms with Crippen LogP contribution in [0.1, 0.15) is 10.4 Å². The smallest absolute Gasteiger partial charge is 0.337 e. The Kier molecular flexibility index (Phi) is 3.97. The first kappa shape index (κ1) is 13.7. The van der Waals surface area contributed by atoms with E-state index in [1.807, 2.05) is 0 Å². The van der Waals surface area contributed by atoms with Crippen molar-refractivity contribution >= 4 is 50.6 Å². The van der Waals surface area contributed by atoms with Gasteiger partial charge in [0.25, 0.3) is 0 Å². The fourth-order valence-electron chi connectivity index (χ4n) is 1.60. The first-order valence-corrected chi connectivity index (χ1v) is 6.50. The third kappa shape index (κ3) is 3.00. The van der Waals surface area contributed by atoms with E-state index in [0.29, 0.717) is 16.4 Å². The van der Waals surface area contributed by atoms with E-state index in [2.05, 4.69) is 21.2 Å². The molecular weight excluding hydrogens is 332 g/mol. The molecule has 2 aromatic rings. The molecule has 19 heavy (non-hydrogen) atoms. The molecule has 0 amide bonds. The van der Waals surface area contributed by atoms with Gasteiger partial charge >= 0.3 is 5.97 Å². The van der Waals surface area contributed by atoms with Crippen LogP contribution < -0.4 is 11.1 Å². The summed E-state index contributed by atoms with van der Waals surface area (Å²) in [5, 5.41) is 12.6. The number of carbonyl (C=O) groups is 1. The lowest BCUT2D eigenvalue weighted by molar-refractivity contribution is 0.0698. The maximum atomic E-state index is 11.0. The highest BCUT2D eigenvalue weighted by atomic mass is 79.9. The Morgan fingerprint density at radius 1 is 1.26 bits per heavy atom. The molecule has 0 aliphatic rings. The number of hydrogen-bond donors (Lipinski definition) is 3. The summed E-state index contributed by atoms with van der Waals surface area (Å²) in [6, 6.07) is 10.0. The second-order valence-corrected chi connectivity index (χ2v) is 5.11. The second-order valence-electron chi connectivity index (χ2n) is 3.82. The number of carboxylic acids is 1. The number of nitrogen functional groups attached to an aromatic ring is 1. The van der Waals surface area contributed by atoms with Crippen LogP contribution in [0.4, 0.5) is 17.1 Å². The predicted molar refractivity (Wildman–Crippen MR) is 80.2 cm³/mol. The molecule has 0 aliphatic carbocycles. The molecule has 0 radical (unpaired) electrons. The molecule has 0 aliphatic heterocycles. The van der Waals surface area contributed by atoms with Crippen LogP contribution in [0, 0.1) is 0 Å². The van der Waals surface area contributed by atoms with Crippen LogP contribution in [0.25, 0.3) is 0 Å². The molecule has 0 saturated heterocycles. The zero-order valence-electron chi connectivity index (χ0n) is 9.65. The minimum absolute atomic E-state index is 0.0585. The van der Waals surface area contributed by atoms with Gasteiger partial charge in [-0.15, -0.1) is 0 Å². The Morgan fingerprint density at radius 2 is 2.00 bits per heavy atom. The van der Waals surface area contributed by atoms with Gasteiger partial charge in [0.1, 0.15) is 0 Å². The summed E-state index contributed by atoms with van der Waals surface area (Å²) in [5.41, 5.74) is 7.30. The number of aromatic carboxylic acids is 1. The Balaban J connectivity index is 2.41. The van der Waals surface area contributed by atoms with Crippen LogP contribution in [0.15, 0.2) is 40.9 Å². The number of carboxylic acid groups (broad SMARTS) is 1. The predicted octanol–water partition coefficient (Wildman–Crippen LogP) is 4.13. The number of nitrogens with two attached hydrogens (primary N) is 1. The largest absolute Gasteiger partial charge is 0.478 e. The molecule has 6 heteroatoms. The number of benzene rings is 2. The van der Waals surface area contributed by atoms with Gasteiger partial charge < -0.3 is 16.2 Å². The molecule has 0 spiro atoms. The zero-order valence-corrected chi connectivity index (χ0v) is 12.0. The molecule has 98 valence electrons. The van der Waals surface area contributed by atoms with Crippen molar-refractivity contribution in [1.29, 1.82) is 0 Å². The Bertz CT molecular complexity index is 647. The molecule has 0 unspecified atom stereocenters. The average molecular weight is 342 g/mol. The van der Waals surface area contributed by atoms with Crippen LogP contribution in [0.2, 0.25) is 5.02 Å². The van der Waals surface area contributed by atoms with Crippen molar-refractivity contribution in [3.63, 3.8) is 0 Å². The van der Waals surface area contributed by atoms with Crippen LogP contribution >= 0.6 is 27.5 Å². The van der Waals surface area contributed by atoms with E-state index in [9.17, 15) is 4.79 Å². The standard InChI is InChI=1S/C13H10BrClN2O2/c14-9-5-4-7(15)6-11(9)17-10-3-1-2-8(12(10)16)13(18)19/h1-6,17H,16H2,(H,18,19). The lowest BCUT2D eigenvalue weighted by Crippen LogP contribution is -2.05. The summed E-state index contributed by atoms with van der Waals surface area (Å²) in [7, 11) is 0. The van der Waals surface area contributed by atoms with Gasteiger partial charge in [0.05, 0.1) is 22.6 Å². The lowest BCUT2D eigenvalue weighted by Gasteiger charge is -2.12. The highest BCUT2D eigenvalue weighted by molar-refractivity contribution is 9.10. The Labute approximate surface area is 123 Å². The van der Waals surface area contributed by atoms with Crippen molar-refractivity contribution in [3.05, 3.63) is 51.5 Å². The van der Waals surface area contributed by atoms with Gasteiger partial charge in [-0.3, -0.25) is 0 Å². The van der Waals surface area contributed by atoms with Crippen LogP contribution in [-0.2, 0) is 0 Å². The molecular formula is C13H10BrClN2O2. The Hall–Kier alpha value is -1.72. The molecule has 0 fully saturated rings. The average Bonchev–Trinajstić information content (AvgIpc) is 2.36. The minimum atomic E-state index is -1.06. The van der Waals surface area contributed by atoms with E-state index in [4.69, 9.17) is 22.4 Å². The molecule has 0 bridgehead atoms. The number of para-hydroxylation sites is 1. The lowest BCUT2D eigenvalue weighted by atomic mass is 10.1. The fraction of sp³-hybridized carbons (Fsp3) is 0. The Morgan fingerprint density at radius 3 is 2.68 bits per heavy atom. The molecule has 4 nitrogen and oxygen atoms in total. The van der Waals surface area contributed by atoms with E-state index in [1.54, 1.807) is 30.3 Å². The number of halogens is 2. The van der Waals surface area contributed by atoms with Gasteiger partial charge in [0.2, 0.25) is 0 Å². The monoisotopic (exact) mass is 340 g/mol. The van der Waals surface area contributed by atoms with Crippen molar-refractivity contribution in [2.45, 2.75) is 0 Å². The summed E-state index contributed by atoms with van der Waals surface area (Å²) in [5.74, 6) is -1.06. The highest BCUT2D eigenvalue weighted by Gasteiger charge is 2.12. The molecule has 2 aromatic carbocycles.